The highest BCUT2D eigenvalue weighted by Gasteiger charge is 2.22. The average molecular weight is 315 g/mol. The molecule has 7 heteroatoms. The molecule has 0 atom stereocenters. The van der Waals surface area contributed by atoms with E-state index >= 15 is 0 Å². The Hall–Kier alpha value is -2.41. The lowest BCUT2D eigenvalue weighted by molar-refractivity contribution is 0.0658. The van der Waals surface area contributed by atoms with E-state index in [0.29, 0.717) is 18.2 Å². The Kier molecular flexibility index (Phi) is 4.57. The molecule has 23 heavy (non-hydrogen) atoms. The lowest BCUT2D eigenvalue weighted by atomic mass is 10.2. The van der Waals surface area contributed by atoms with Gasteiger partial charge in [-0.3, -0.25) is 4.79 Å². The maximum atomic E-state index is 12.6. The number of hydrogen-bond acceptors (Lipinski definition) is 6. The molecule has 0 aliphatic carbocycles. The Morgan fingerprint density at radius 3 is 2.78 bits per heavy atom. The quantitative estimate of drug-likeness (QED) is 0.919. The normalized spacial score (nSPS) is 15.7. The lowest BCUT2D eigenvalue weighted by Gasteiger charge is -2.32. The number of amides is 1. The molecule has 0 saturated carbocycles. The van der Waals surface area contributed by atoms with Gasteiger partial charge in [-0.25, -0.2) is 9.97 Å². The van der Waals surface area contributed by atoms with E-state index in [1.165, 1.54) is 0 Å². The molecule has 1 aliphatic heterocycles. The number of aryl methyl sites for hydroxylation is 1. The van der Waals surface area contributed by atoms with Crippen molar-refractivity contribution in [1.29, 1.82) is 0 Å². The highest BCUT2D eigenvalue weighted by atomic mass is 16.3. The number of furan rings is 1. The van der Waals surface area contributed by atoms with Gasteiger partial charge in [0.15, 0.2) is 0 Å². The second-order valence-electron chi connectivity index (χ2n) is 5.75. The molecule has 2 aromatic rings. The first-order valence-electron chi connectivity index (χ1n) is 7.71. The van der Waals surface area contributed by atoms with Crippen molar-refractivity contribution in [3.05, 3.63) is 41.6 Å². The minimum Gasteiger partial charge on any atom is -0.467 e. The van der Waals surface area contributed by atoms with E-state index in [1.807, 2.05) is 24.0 Å². The summed E-state index contributed by atoms with van der Waals surface area (Å²) < 4.78 is 5.27. The van der Waals surface area contributed by atoms with Crippen LogP contribution in [-0.4, -0.2) is 58.9 Å². The highest BCUT2D eigenvalue weighted by Crippen LogP contribution is 2.11. The summed E-state index contributed by atoms with van der Waals surface area (Å²) in [6.45, 7) is 5.58. The number of anilines is 1. The minimum atomic E-state index is -0.0374. The maximum Gasteiger partial charge on any atom is 0.272 e. The van der Waals surface area contributed by atoms with Crippen LogP contribution in [0.1, 0.15) is 21.9 Å². The van der Waals surface area contributed by atoms with Crippen LogP contribution in [0.4, 0.5) is 5.95 Å². The van der Waals surface area contributed by atoms with E-state index in [2.05, 4.69) is 27.2 Å². The maximum absolute atomic E-state index is 12.6. The zero-order valence-corrected chi connectivity index (χ0v) is 13.5. The van der Waals surface area contributed by atoms with Gasteiger partial charge in [-0.1, -0.05) is 0 Å². The van der Waals surface area contributed by atoms with Crippen LogP contribution in [0.3, 0.4) is 0 Å². The van der Waals surface area contributed by atoms with Crippen molar-refractivity contribution in [2.24, 2.45) is 0 Å². The molecule has 0 spiro atoms. The number of nitrogens with one attached hydrogen (secondary N) is 1. The molecule has 0 aromatic carbocycles. The second-order valence-corrected chi connectivity index (χ2v) is 5.75. The number of rotatable bonds is 4. The molecule has 1 amide bonds. The molecule has 7 nitrogen and oxygen atoms in total. The van der Waals surface area contributed by atoms with Gasteiger partial charge in [0, 0.05) is 31.9 Å². The topological polar surface area (TPSA) is 74.5 Å². The van der Waals surface area contributed by atoms with E-state index in [-0.39, 0.29) is 5.91 Å². The predicted octanol–water partition coefficient (Wildman–Crippen LogP) is 1.38. The van der Waals surface area contributed by atoms with Gasteiger partial charge < -0.3 is 19.5 Å². The Morgan fingerprint density at radius 1 is 1.30 bits per heavy atom. The molecule has 1 aliphatic rings. The summed E-state index contributed by atoms with van der Waals surface area (Å²) in [7, 11) is 2.06. The molecule has 0 unspecified atom stereocenters. The van der Waals surface area contributed by atoms with Crippen LogP contribution < -0.4 is 5.32 Å². The third-order valence-corrected chi connectivity index (χ3v) is 3.86. The number of piperazine rings is 1. The van der Waals surface area contributed by atoms with Gasteiger partial charge in [-0.15, -0.1) is 0 Å². The first-order chi connectivity index (χ1) is 11.1. The van der Waals surface area contributed by atoms with Crippen LogP contribution in [0, 0.1) is 6.92 Å². The van der Waals surface area contributed by atoms with Gasteiger partial charge in [0.1, 0.15) is 11.5 Å². The second kappa shape index (κ2) is 6.78. The van der Waals surface area contributed by atoms with E-state index in [9.17, 15) is 4.79 Å². The summed E-state index contributed by atoms with van der Waals surface area (Å²) in [4.78, 5) is 25.4. The van der Waals surface area contributed by atoms with Crippen molar-refractivity contribution >= 4 is 11.9 Å². The van der Waals surface area contributed by atoms with Crippen LogP contribution in [-0.2, 0) is 6.54 Å². The molecular weight excluding hydrogens is 294 g/mol. The van der Waals surface area contributed by atoms with Gasteiger partial charge >= 0.3 is 0 Å². The molecule has 3 heterocycles. The third kappa shape index (κ3) is 3.87. The molecule has 0 radical (unpaired) electrons. The van der Waals surface area contributed by atoms with E-state index in [0.717, 1.165) is 37.6 Å². The number of carbonyl (C=O) groups is 1. The van der Waals surface area contributed by atoms with Crippen LogP contribution in [0.5, 0.6) is 0 Å². The van der Waals surface area contributed by atoms with E-state index in [1.54, 1.807) is 12.3 Å². The minimum absolute atomic E-state index is 0.0374. The first kappa shape index (κ1) is 15.5. The van der Waals surface area contributed by atoms with Gasteiger partial charge in [0.25, 0.3) is 5.91 Å². The van der Waals surface area contributed by atoms with Crippen LogP contribution in [0.2, 0.25) is 0 Å². The van der Waals surface area contributed by atoms with Crippen molar-refractivity contribution in [3.63, 3.8) is 0 Å². The van der Waals surface area contributed by atoms with Gasteiger partial charge in [0.2, 0.25) is 5.95 Å². The molecule has 2 aromatic heterocycles. The Morgan fingerprint density at radius 2 is 2.09 bits per heavy atom. The average Bonchev–Trinajstić information content (AvgIpc) is 3.06. The molecule has 1 saturated heterocycles. The number of carbonyl (C=O) groups excluding carboxylic acids is 1. The Labute approximate surface area is 135 Å². The number of hydrogen-bond donors (Lipinski definition) is 1. The zero-order valence-electron chi connectivity index (χ0n) is 13.5. The highest BCUT2D eigenvalue weighted by molar-refractivity contribution is 5.92. The fourth-order valence-electron chi connectivity index (χ4n) is 2.51. The van der Waals surface area contributed by atoms with Crippen molar-refractivity contribution in [2.45, 2.75) is 13.5 Å². The summed E-state index contributed by atoms with van der Waals surface area (Å²) in [5.41, 5.74) is 1.20. The van der Waals surface area contributed by atoms with Crippen molar-refractivity contribution < 1.29 is 9.21 Å². The molecule has 1 fully saturated rings. The fraction of sp³-hybridized carbons (Fsp3) is 0.438. The summed E-state index contributed by atoms with van der Waals surface area (Å²) in [5, 5.41) is 3.10. The third-order valence-electron chi connectivity index (χ3n) is 3.86. The summed E-state index contributed by atoms with van der Waals surface area (Å²) in [6.07, 6.45) is 1.62. The summed E-state index contributed by atoms with van der Waals surface area (Å²) in [6, 6.07) is 5.44. The Balaban J connectivity index is 1.70. The summed E-state index contributed by atoms with van der Waals surface area (Å²) in [5.74, 6) is 1.20. The number of likely N-dealkylation sites (N-methyl/N-ethyl adjacent to an activating group) is 1. The van der Waals surface area contributed by atoms with Crippen LogP contribution in [0.25, 0.3) is 0 Å². The SMILES string of the molecule is Cc1cc(C(=O)N2CCN(C)CC2)nc(NCc2ccco2)n1. The smallest absolute Gasteiger partial charge is 0.272 e. The van der Waals surface area contributed by atoms with Gasteiger partial charge in [0.05, 0.1) is 12.8 Å². The monoisotopic (exact) mass is 315 g/mol. The van der Waals surface area contributed by atoms with Gasteiger partial charge in [-0.05, 0) is 32.2 Å². The summed E-state index contributed by atoms with van der Waals surface area (Å²) >= 11 is 0. The molecule has 1 N–H and O–H groups in total. The van der Waals surface area contributed by atoms with Gasteiger partial charge in [-0.2, -0.15) is 0 Å². The van der Waals surface area contributed by atoms with Crippen molar-refractivity contribution in [1.82, 2.24) is 19.8 Å². The van der Waals surface area contributed by atoms with Crippen LogP contribution in [0.15, 0.2) is 28.9 Å². The number of aromatic nitrogens is 2. The molecule has 3 rings (SSSR count). The fourth-order valence-corrected chi connectivity index (χ4v) is 2.51. The van der Waals surface area contributed by atoms with Crippen LogP contribution >= 0.6 is 0 Å². The lowest BCUT2D eigenvalue weighted by Crippen LogP contribution is -2.47. The largest absolute Gasteiger partial charge is 0.467 e. The Bertz CT molecular complexity index is 663. The predicted molar refractivity (Wildman–Crippen MR) is 86.2 cm³/mol. The molecular formula is C16H21N5O2. The van der Waals surface area contributed by atoms with Crippen molar-refractivity contribution in [3.8, 4) is 0 Å². The van der Waals surface area contributed by atoms with E-state index in [4.69, 9.17) is 4.42 Å². The van der Waals surface area contributed by atoms with Crippen molar-refractivity contribution in [2.75, 3.05) is 38.5 Å². The standard InChI is InChI=1S/C16H21N5O2/c1-12-10-14(15(22)21-7-5-20(2)6-8-21)19-16(18-12)17-11-13-4-3-9-23-13/h3-4,9-10H,5-8,11H2,1-2H3,(H,17,18,19). The number of nitrogens with zero attached hydrogens (tertiary/aromatic N) is 4. The molecule has 122 valence electrons. The first-order valence-corrected chi connectivity index (χ1v) is 7.71. The zero-order chi connectivity index (χ0) is 16.2. The van der Waals surface area contributed by atoms with E-state index < -0.39 is 0 Å². The molecule has 0 bridgehead atoms.